The molecule has 0 unspecified atom stereocenters. The zero-order chi connectivity index (χ0) is 14.8. The van der Waals surface area contributed by atoms with Crippen LogP contribution in [-0.4, -0.2) is 52.0 Å². The molecule has 1 saturated heterocycles. The number of aromatic nitrogens is 3. The Morgan fingerprint density at radius 3 is 2.76 bits per heavy atom. The molecular weight excluding hydrogens is 272 g/mol. The van der Waals surface area contributed by atoms with Gasteiger partial charge in [0.2, 0.25) is 0 Å². The molecule has 1 fully saturated rings. The second-order valence-corrected chi connectivity index (χ2v) is 4.99. The van der Waals surface area contributed by atoms with Crippen molar-refractivity contribution in [3.63, 3.8) is 0 Å². The zero-order valence-corrected chi connectivity index (χ0v) is 12.0. The molecule has 0 aliphatic carbocycles. The molecule has 0 radical (unpaired) electrons. The minimum absolute atomic E-state index is 0.0105. The van der Waals surface area contributed by atoms with E-state index < -0.39 is 0 Å². The summed E-state index contributed by atoms with van der Waals surface area (Å²) in [5.41, 5.74) is 1.74. The second kappa shape index (κ2) is 5.80. The second-order valence-electron chi connectivity index (χ2n) is 4.99. The fraction of sp³-hybridized carbons (Fsp3) is 0.429. The van der Waals surface area contributed by atoms with Gasteiger partial charge in [0, 0.05) is 19.0 Å². The minimum Gasteiger partial charge on any atom is -0.497 e. The molecule has 2 heterocycles. The molecule has 3 rings (SSSR count). The van der Waals surface area contributed by atoms with Crippen molar-refractivity contribution in [1.29, 1.82) is 0 Å². The van der Waals surface area contributed by atoms with Crippen LogP contribution in [-0.2, 0) is 4.84 Å². The van der Waals surface area contributed by atoms with E-state index in [0.29, 0.717) is 6.42 Å². The summed E-state index contributed by atoms with van der Waals surface area (Å²) in [5.74, 6) is 0.803. The van der Waals surface area contributed by atoms with Gasteiger partial charge in [-0.25, -0.2) is 4.68 Å². The van der Waals surface area contributed by atoms with Gasteiger partial charge in [-0.05, 0) is 24.3 Å². The highest BCUT2D eigenvalue weighted by atomic mass is 16.7. The van der Waals surface area contributed by atoms with E-state index in [9.17, 15) is 5.11 Å². The number of rotatable bonds is 4. The van der Waals surface area contributed by atoms with Gasteiger partial charge in [-0.3, -0.25) is 4.84 Å². The average Bonchev–Trinajstić information content (AvgIpc) is 3.13. The topological polar surface area (TPSA) is 72.6 Å². The molecule has 1 aliphatic rings. The first-order valence-corrected chi connectivity index (χ1v) is 6.78. The first-order chi connectivity index (χ1) is 10.2. The molecule has 1 aromatic carbocycles. The third-order valence-corrected chi connectivity index (χ3v) is 3.68. The molecule has 1 N–H and O–H groups in total. The van der Waals surface area contributed by atoms with Gasteiger partial charge in [0.25, 0.3) is 0 Å². The summed E-state index contributed by atoms with van der Waals surface area (Å²) in [6.45, 7) is 0.0625. The van der Waals surface area contributed by atoms with E-state index in [-0.39, 0.29) is 18.9 Å². The van der Waals surface area contributed by atoms with Crippen molar-refractivity contribution in [1.82, 2.24) is 20.1 Å². The summed E-state index contributed by atoms with van der Waals surface area (Å²) in [4.78, 5) is 5.65. The zero-order valence-electron chi connectivity index (χ0n) is 12.0. The lowest BCUT2D eigenvalue weighted by molar-refractivity contribution is -0.172. The van der Waals surface area contributed by atoms with Crippen molar-refractivity contribution in [2.45, 2.75) is 18.7 Å². The smallest absolute Gasteiger partial charge is 0.174 e. The lowest BCUT2D eigenvalue weighted by Gasteiger charge is -2.13. The molecule has 1 aliphatic heterocycles. The number of hydroxylamine groups is 2. The third kappa shape index (κ3) is 2.76. The Balaban J connectivity index is 1.77. The van der Waals surface area contributed by atoms with Crippen LogP contribution < -0.4 is 4.74 Å². The van der Waals surface area contributed by atoms with Gasteiger partial charge in [-0.2, -0.15) is 5.06 Å². The molecule has 21 heavy (non-hydrogen) atoms. The molecule has 7 heteroatoms. The van der Waals surface area contributed by atoms with E-state index in [1.165, 1.54) is 0 Å². The van der Waals surface area contributed by atoms with E-state index in [4.69, 9.17) is 9.57 Å². The van der Waals surface area contributed by atoms with Crippen LogP contribution >= 0.6 is 0 Å². The van der Waals surface area contributed by atoms with Gasteiger partial charge in [0.05, 0.1) is 26.0 Å². The Morgan fingerprint density at radius 1 is 1.38 bits per heavy atom. The molecule has 1 aromatic heterocycles. The molecule has 7 nitrogen and oxygen atoms in total. The van der Waals surface area contributed by atoms with Crippen LogP contribution in [0.1, 0.15) is 12.6 Å². The van der Waals surface area contributed by atoms with Crippen LogP contribution in [0.2, 0.25) is 0 Å². The highest BCUT2D eigenvalue weighted by molar-refractivity contribution is 5.58. The number of hydrogen-bond donors (Lipinski definition) is 1. The van der Waals surface area contributed by atoms with Crippen LogP contribution in [0.15, 0.2) is 30.5 Å². The number of hydrogen-bond acceptors (Lipinski definition) is 6. The van der Waals surface area contributed by atoms with E-state index in [1.807, 2.05) is 37.5 Å². The number of nitrogens with zero attached hydrogens (tertiary/aromatic N) is 4. The Labute approximate surface area is 122 Å². The largest absolute Gasteiger partial charge is 0.497 e. The molecule has 0 bridgehead atoms. The number of aliphatic hydroxyl groups is 1. The first kappa shape index (κ1) is 14.0. The van der Waals surface area contributed by atoms with E-state index >= 15 is 0 Å². The van der Waals surface area contributed by atoms with Gasteiger partial charge < -0.3 is 9.84 Å². The highest BCUT2D eigenvalue weighted by Gasteiger charge is 2.32. The fourth-order valence-corrected chi connectivity index (χ4v) is 2.36. The minimum atomic E-state index is -0.230. The number of ether oxygens (including phenoxy) is 1. The van der Waals surface area contributed by atoms with Crippen molar-refractivity contribution < 1.29 is 14.7 Å². The third-order valence-electron chi connectivity index (χ3n) is 3.68. The van der Waals surface area contributed by atoms with E-state index in [2.05, 4.69) is 10.3 Å². The Kier molecular flexibility index (Phi) is 3.87. The highest BCUT2D eigenvalue weighted by Crippen LogP contribution is 2.28. The Hall–Kier alpha value is -1.96. The van der Waals surface area contributed by atoms with Crippen molar-refractivity contribution in [3.05, 3.63) is 30.5 Å². The van der Waals surface area contributed by atoms with Crippen LogP contribution in [0.5, 0.6) is 5.75 Å². The molecular formula is C14H18N4O3. The molecule has 2 atom stereocenters. The molecule has 0 saturated carbocycles. The van der Waals surface area contributed by atoms with Gasteiger partial charge in [0.15, 0.2) is 6.23 Å². The molecule has 0 amide bonds. The van der Waals surface area contributed by atoms with Crippen molar-refractivity contribution in [2.75, 3.05) is 20.8 Å². The molecule has 0 spiro atoms. The quantitative estimate of drug-likeness (QED) is 0.908. The van der Waals surface area contributed by atoms with E-state index in [1.54, 1.807) is 16.9 Å². The summed E-state index contributed by atoms with van der Waals surface area (Å²) in [6.07, 6.45) is 2.30. The van der Waals surface area contributed by atoms with Gasteiger partial charge in [-0.1, -0.05) is 5.21 Å². The first-order valence-electron chi connectivity index (χ1n) is 6.78. The Morgan fingerprint density at radius 2 is 2.14 bits per heavy atom. The van der Waals surface area contributed by atoms with Crippen molar-refractivity contribution >= 4 is 0 Å². The van der Waals surface area contributed by atoms with Gasteiger partial charge in [-0.15, -0.1) is 5.10 Å². The maximum atomic E-state index is 9.25. The SMILES string of the molecule is COc1ccc(-c2cn([C@@H]3C[C@H](CO)N(C)O3)nn2)cc1. The molecule has 112 valence electrons. The number of aliphatic hydroxyl groups excluding tert-OH is 1. The Bertz CT molecular complexity index is 599. The van der Waals surface area contributed by atoms with Gasteiger partial charge in [0.1, 0.15) is 11.4 Å². The lowest BCUT2D eigenvalue weighted by Crippen LogP contribution is -2.26. The molecule has 2 aromatic rings. The average molecular weight is 290 g/mol. The fourth-order valence-electron chi connectivity index (χ4n) is 2.36. The maximum Gasteiger partial charge on any atom is 0.174 e. The normalized spacial score (nSPS) is 22.6. The number of likely N-dealkylation sites (N-methyl/N-ethyl adjacent to an activating group) is 1. The van der Waals surface area contributed by atoms with Crippen molar-refractivity contribution in [2.24, 2.45) is 0 Å². The van der Waals surface area contributed by atoms with Crippen LogP contribution in [0.3, 0.4) is 0 Å². The monoisotopic (exact) mass is 290 g/mol. The summed E-state index contributed by atoms with van der Waals surface area (Å²) >= 11 is 0. The van der Waals surface area contributed by atoms with Crippen LogP contribution in [0.4, 0.5) is 0 Å². The lowest BCUT2D eigenvalue weighted by atomic mass is 10.1. The number of benzene rings is 1. The predicted octanol–water partition coefficient (Wildman–Crippen LogP) is 1.08. The standard InChI is InChI=1S/C14H18N4O3/c1-17-11(9-19)7-14(21-17)18-8-13(15-16-18)10-3-5-12(20-2)6-4-10/h3-6,8,11,14,19H,7,9H2,1-2H3/t11-,14+/m1/s1. The van der Waals surface area contributed by atoms with Crippen LogP contribution in [0.25, 0.3) is 11.3 Å². The maximum absolute atomic E-state index is 9.25. The van der Waals surface area contributed by atoms with E-state index in [0.717, 1.165) is 17.0 Å². The number of methoxy groups -OCH3 is 1. The summed E-state index contributed by atoms with van der Waals surface area (Å²) in [6, 6.07) is 7.63. The van der Waals surface area contributed by atoms with Crippen LogP contribution in [0, 0.1) is 0 Å². The van der Waals surface area contributed by atoms with Crippen molar-refractivity contribution in [3.8, 4) is 17.0 Å². The summed E-state index contributed by atoms with van der Waals surface area (Å²) in [7, 11) is 3.44. The predicted molar refractivity (Wildman–Crippen MR) is 75.4 cm³/mol. The summed E-state index contributed by atoms with van der Waals surface area (Å²) in [5, 5.41) is 19.2. The summed E-state index contributed by atoms with van der Waals surface area (Å²) < 4.78 is 6.82. The van der Waals surface area contributed by atoms with Gasteiger partial charge >= 0.3 is 0 Å².